The van der Waals surface area contributed by atoms with Gasteiger partial charge in [0.05, 0.1) is 24.6 Å². The number of nitrogens with zero attached hydrogens (tertiary/aromatic N) is 1. The predicted molar refractivity (Wildman–Crippen MR) is 82.1 cm³/mol. The number of aryl methyl sites for hydroxylation is 2. The highest BCUT2D eigenvalue weighted by molar-refractivity contribution is 7.13. The van der Waals surface area contributed by atoms with Crippen molar-refractivity contribution in [2.45, 2.75) is 33.7 Å². The number of aromatic nitrogens is 1. The molecule has 0 aliphatic rings. The second-order valence-electron chi connectivity index (χ2n) is 4.81. The Bertz CT molecular complexity index is 690. The lowest BCUT2D eigenvalue weighted by atomic mass is 10.2. The van der Waals surface area contributed by atoms with Crippen molar-refractivity contribution < 1.29 is 18.7 Å². The fraction of sp³-hybridized carbons (Fsp3) is 0.400. The fourth-order valence-electron chi connectivity index (χ4n) is 1.92. The summed E-state index contributed by atoms with van der Waals surface area (Å²) in [6.45, 7) is 7.43. The van der Waals surface area contributed by atoms with Gasteiger partial charge in [-0.25, -0.2) is 9.78 Å². The molecule has 0 aliphatic carbocycles. The van der Waals surface area contributed by atoms with E-state index >= 15 is 0 Å². The van der Waals surface area contributed by atoms with Gasteiger partial charge < -0.3 is 14.5 Å². The van der Waals surface area contributed by atoms with Crippen LogP contribution in [0.25, 0.3) is 0 Å². The summed E-state index contributed by atoms with van der Waals surface area (Å²) in [5.74, 6) is -0.407. The molecule has 118 valence electrons. The van der Waals surface area contributed by atoms with E-state index in [-0.39, 0.29) is 23.7 Å². The Hall–Kier alpha value is -2.15. The average molecular weight is 322 g/mol. The number of hydrogen-bond donors (Lipinski definition) is 1. The third kappa shape index (κ3) is 3.36. The van der Waals surface area contributed by atoms with Gasteiger partial charge in [0.1, 0.15) is 9.88 Å². The van der Waals surface area contributed by atoms with Crippen LogP contribution in [-0.2, 0) is 4.74 Å². The molecular weight excluding hydrogens is 304 g/mol. The molecule has 7 heteroatoms. The number of carbonyl (C=O) groups is 2. The highest BCUT2D eigenvalue weighted by Crippen LogP contribution is 2.24. The van der Waals surface area contributed by atoms with Crippen LogP contribution in [0.3, 0.4) is 0 Å². The number of hydrogen-bond acceptors (Lipinski definition) is 6. The van der Waals surface area contributed by atoms with E-state index in [0.29, 0.717) is 22.2 Å². The molecule has 0 aliphatic heterocycles. The first-order chi connectivity index (χ1) is 10.4. The number of amides is 1. The van der Waals surface area contributed by atoms with E-state index in [1.54, 1.807) is 26.8 Å². The van der Waals surface area contributed by atoms with E-state index in [1.807, 2.05) is 6.92 Å². The van der Waals surface area contributed by atoms with Crippen LogP contribution < -0.4 is 5.32 Å². The van der Waals surface area contributed by atoms with Crippen LogP contribution in [0.15, 0.2) is 16.7 Å². The van der Waals surface area contributed by atoms with Crippen LogP contribution >= 0.6 is 11.3 Å². The van der Waals surface area contributed by atoms with Crippen LogP contribution in [0.5, 0.6) is 0 Å². The molecule has 0 saturated heterocycles. The second-order valence-corrected chi connectivity index (χ2v) is 5.85. The van der Waals surface area contributed by atoms with Crippen molar-refractivity contribution in [3.8, 4) is 0 Å². The standard InChI is InChI=1S/C15H18N2O4S/c1-5-20-15(19)12-9(3)17-14(22-12)10(4)16-13(18)11-8(2)6-7-21-11/h6-7,10H,5H2,1-4H3,(H,16,18). The van der Waals surface area contributed by atoms with Crippen molar-refractivity contribution in [1.82, 2.24) is 10.3 Å². The molecule has 0 aromatic carbocycles. The quantitative estimate of drug-likeness (QED) is 0.856. The largest absolute Gasteiger partial charge is 0.462 e. The van der Waals surface area contributed by atoms with Gasteiger partial charge in [-0.15, -0.1) is 11.3 Å². The van der Waals surface area contributed by atoms with E-state index in [4.69, 9.17) is 9.15 Å². The minimum Gasteiger partial charge on any atom is -0.462 e. The van der Waals surface area contributed by atoms with Crippen molar-refractivity contribution in [2.24, 2.45) is 0 Å². The maximum absolute atomic E-state index is 12.1. The summed E-state index contributed by atoms with van der Waals surface area (Å²) in [5.41, 5.74) is 1.38. The van der Waals surface area contributed by atoms with Crippen molar-refractivity contribution >= 4 is 23.2 Å². The average Bonchev–Trinajstić information content (AvgIpc) is 3.05. The van der Waals surface area contributed by atoms with Crippen LogP contribution in [0.1, 0.15) is 56.4 Å². The molecule has 1 N–H and O–H groups in total. The first kappa shape index (κ1) is 16.2. The van der Waals surface area contributed by atoms with Gasteiger partial charge in [0.15, 0.2) is 5.76 Å². The number of furan rings is 1. The molecule has 2 aromatic heterocycles. The SMILES string of the molecule is CCOC(=O)c1sc(C(C)NC(=O)c2occc2C)nc1C. The number of rotatable bonds is 5. The summed E-state index contributed by atoms with van der Waals surface area (Å²) in [6.07, 6.45) is 1.47. The van der Waals surface area contributed by atoms with Gasteiger partial charge >= 0.3 is 5.97 Å². The molecule has 2 heterocycles. The molecule has 1 unspecified atom stereocenters. The Labute approximate surface area is 132 Å². The highest BCUT2D eigenvalue weighted by atomic mass is 32.1. The predicted octanol–water partition coefficient (Wildman–Crippen LogP) is 3.02. The van der Waals surface area contributed by atoms with Crippen molar-refractivity contribution in [2.75, 3.05) is 6.61 Å². The van der Waals surface area contributed by atoms with Crippen molar-refractivity contribution in [3.05, 3.63) is 39.2 Å². The summed E-state index contributed by atoms with van der Waals surface area (Å²) in [4.78, 5) is 28.7. The molecule has 6 nitrogen and oxygen atoms in total. The van der Waals surface area contributed by atoms with Gasteiger partial charge in [-0.3, -0.25) is 4.79 Å². The number of nitrogens with one attached hydrogen (secondary N) is 1. The van der Waals surface area contributed by atoms with E-state index in [1.165, 1.54) is 17.6 Å². The van der Waals surface area contributed by atoms with Gasteiger partial charge in [-0.1, -0.05) is 0 Å². The zero-order valence-corrected chi connectivity index (χ0v) is 13.7. The Kier molecular flexibility index (Phi) is 4.97. The van der Waals surface area contributed by atoms with E-state index in [9.17, 15) is 9.59 Å². The molecule has 2 aromatic rings. The fourth-order valence-corrected chi connectivity index (χ4v) is 2.88. The minimum absolute atomic E-state index is 0.283. The number of thiazole rings is 1. The molecule has 0 fully saturated rings. The van der Waals surface area contributed by atoms with Gasteiger partial charge in [0.25, 0.3) is 5.91 Å². The third-order valence-corrected chi connectivity index (χ3v) is 4.38. The Morgan fingerprint density at radius 1 is 1.45 bits per heavy atom. The second kappa shape index (κ2) is 6.74. The zero-order chi connectivity index (χ0) is 16.3. The molecule has 1 atom stereocenters. The molecule has 1 amide bonds. The lowest BCUT2D eigenvalue weighted by molar-refractivity contribution is 0.0531. The summed E-state index contributed by atoms with van der Waals surface area (Å²) in [7, 11) is 0. The number of carbonyl (C=O) groups excluding carboxylic acids is 2. The zero-order valence-electron chi connectivity index (χ0n) is 12.9. The van der Waals surface area contributed by atoms with Crippen molar-refractivity contribution in [3.63, 3.8) is 0 Å². The van der Waals surface area contributed by atoms with Crippen LogP contribution in [-0.4, -0.2) is 23.5 Å². The van der Waals surface area contributed by atoms with E-state index < -0.39 is 0 Å². The molecule has 0 bridgehead atoms. The minimum atomic E-state index is -0.385. The van der Waals surface area contributed by atoms with Crippen molar-refractivity contribution in [1.29, 1.82) is 0 Å². The van der Waals surface area contributed by atoms with Gasteiger partial charge in [-0.05, 0) is 33.8 Å². The molecule has 22 heavy (non-hydrogen) atoms. The first-order valence-electron chi connectivity index (χ1n) is 6.93. The van der Waals surface area contributed by atoms with Crippen LogP contribution in [0, 0.1) is 13.8 Å². The first-order valence-corrected chi connectivity index (χ1v) is 7.75. The molecule has 0 spiro atoms. The number of esters is 1. The maximum atomic E-state index is 12.1. The summed E-state index contributed by atoms with van der Waals surface area (Å²) in [6, 6.07) is 1.40. The molecule has 0 radical (unpaired) electrons. The molecule has 2 rings (SSSR count). The molecule has 0 saturated carbocycles. The summed E-state index contributed by atoms with van der Waals surface area (Å²) in [5, 5.41) is 3.47. The number of ether oxygens (including phenoxy) is 1. The summed E-state index contributed by atoms with van der Waals surface area (Å²) >= 11 is 1.23. The Morgan fingerprint density at radius 2 is 2.18 bits per heavy atom. The van der Waals surface area contributed by atoms with Crippen LogP contribution in [0.2, 0.25) is 0 Å². The lowest BCUT2D eigenvalue weighted by Crippen LogP contribution is -2.26. The van der Waals surface area contributed by atoms with Gasteiger partial charge in [0, 0.05) is 5.56 Å². The monoisotopic (exact) mass is 322 g/mol. The topological polar surface area (TPSA) is 81.4 Å². The highest BCUT2D eigenvalue weighted by Gasteiger charge is 2.22. The van der Waals surface area contributed by atoms with E-state index in [0.717, 1.165) is 5.56 Å². The lowest BCUT2D eigenvalue weighted by Gasteiger charge is -2.10. The Balaban J connectivity index is 2.12. The van der Waals surface area contributed by atoms with Gasteiger partial charge in [0.2, 0.25) is 0 Å². The van der Waals surface area contributed by atoms with Gasteiger partial charge in [-0.2, -0.15) is 0 Å². The molecular formula is C15H18N2O4S. The van der Waals surface area contributed by atoms with E-state index in [2.05, 4.69) is 10.3 Å². The Morgan fingerprint density at radius 3 is 2.77 bits per heavy atom. The van der Waals surface area contributed by atoms with Crippen LogP contribution in [0.4, 0.5) is 0 Å². The normalized spacial score (nSPS) is 12.0. The third-order valence-electron chi connectivity index (χ3n) is 3.06. The smallest absolute Gasteiger partial charge is 0.350 e. The summed E-state index contributed by atoms with van der Waals surface area (Å²) < 4.78 is 10.1. The maximum Gasteiger partial charge on any atom is 0.350 e.